The molecule has 1 aromatic carbocycles. The SMILES string of the molecule is CC1(C)Oc2ccc(NCc3ccccn3)cc2O1. The molecule has 0 bridgehead atoms. The van der Waals surface area contributed by atoms with E-state index in [4.69, 9.17) is 9.47 Å². The molecule has 4 nitrogen and oxygen atoms in total. The standard InChI is InChI=1S/C15H16N2O2/c1-15(2)18-13-7-6-11(9-14(13)19-15)17-10-12-5-3-4-8-16-12/h3-9,17H,10H2,1-2H3. The Bertz CT molecular complexity index is 582. The number of hydrogen-bond acceptors (Lipinski definition) is 4. The van der Waals surface area contributed by atoms with E-state index in [0.29, 0.717) is 6.54 Å². The molecule has 1 aliphatic rings. The molecule has 1 aliphatic heterocycles. The van der Waals surface area contributed by atoms with Crippen LogP contribution in [0.3, 0.4) is 0 Å². The molecule has 0 fully saturated rings. The van der Waals surface area contributed by atoms with Gasteiger partial charge in [-0.05, 0) is 24.3 Å². The van der Waals surface area contributed by atoms with Gasteiger partial charge in [-0.2, -0.15) is 0 Å². The van der Waals surface area contributed by atoms with Crippen molar-refractivity contribution in [2.75, 3.05) is 5.32 Å². The number of pyridine rings is 1. The van der Waals surface area contributed by atoms with Crippen molar-refractivity contribution in [1.82, 2.24) is 4.98 Å². The lowest BCUT2D eigenvalue weighted by Crippen LogP contribution is -2.29. The third-order valence-electron chi connectivity index (χ3n) is 2.85. The largest absolute Gasteiger partial charge is 0.449 e. The lowest BCUT2D eigenvalue weighted by Gasteiger charge is -2.16. The zero-order chi connectivity index (χ0) is 13.3. The predicted octanol–water partition coefficient (Wildman–Crippen LogP) is 3.20. The Morgan fingerprint density at radius 2 is 1.95 bits per heavy atom. The second-order valence-electron chi connectivity index (χ2n) is 4.94. The fourth-order valence-corrected chi connectivity index (χ4v) is 2.03. The second-order valence-corrected chi connectivity index (χ2v) is 4.94. The van der Waals surface area contributed by atoms with Gasteiger partial charge in [-0.3, -0.25) is 4.98 Å². The summed E-state index contributed by atoms with van der Waals surface area (Å²) in [6.07, 6.45) is 1.79. The number of rotatable bonds is 3. The molecule has 0 aliphatic carbocycles. The molecule has 4 heteroatoms. The van der Waals surface area contributed by atoms with Crippen LogP contribution < -0.4 is 14.8 Å². The van der Waals surface area contributed by atoms with Crippen molar-refractivity contribution in [2.24, 2.45) is 0 Å². The number of ether oxygens (including phenoxy) is 2. The third-order valence-corrected chi connectivity index (χ3v) is 2.85. The van der Waals surface area contributed by atoms with E-state index in [1.165, 1.54) is 0 Å². The molecule has 0 unspecified atom stereocenters. The summed E-state index contributed by atoms with van der Waals surface area (Å²) >= 11 is 0. The summed E-state index contributed by atoms with van der Waals surface area (Å²) < 4.78 is 11.4. The minimum atomic E-state index is -0.581. The van der Waals surface area contributed by atoms with Gasteiger partial charge in [0, 0.05) is 31.8 Å². The molecule has 0 saturated heterocycles. The molecule has 0 spiro atoms. The summed E-state index contributed by atoms with van der Waals surface area (Å²) in [5, 5.41) is 3.32. The van der Waals surface area contributed by atoms with Crippen LogP contribution in [-0.2, 0) is 6.54 Å². The molecule has 98 valence electrons. The van der Waals surface area contributed by atoms with E-state index in [1.54, 1.807) is 6.20 Å². The van der Waals surface area contributed by atoms with Crippen LogP contribution in [0, 0.1) is 0 Å². The first kappa shape index (κ1) is 11.8. The summed E-state index contributed by atoms with van der Waals surface area (Å²) in [5.41, 5.74) is 1.99. The van der Waals surface area contributed by atoms with Crippen LogP contribution in [0.1, 0.15) is 19.5 Å². The highest BCUT2D eigenvalue weighted by atomic mass is 16.7. The highest BCUT2D eigenvalue weighted by Crippen LogP contribution is 2.40. The number of aromatic nitrogens is 1. The van der Waals surface area contributed by atoms with Crippen molar-refractivity contribution in [3.05, 3.63) is 48.3 Å². The average Bonchev–Trinajstić information content (AvgIpc) is 2.70. The Labute approximate surface area is 112 Å². The van der Waals surface area contributed by atoms with Crippen LogP contribution in [0.2, 0.25) is 0 Å². The van der Waals surface area contributed by atoms with Gasteiger partial charge in [-0.1, -0.05) is 6.07 Å². The number of hydrogen-bond donors (Lipinski definition) is 1. The van der Waals surface area contributed by atoms with E-state index >= 15 is 0 Å². The van der Waals surface area contributed by atoms with E-state index in [1.807, 2.05) is 50.2 Å². The lowest BCUT2D eigenvalue weighted by molar-refractivity contribution is -0.0431. The summed E-state index contributed by atoms with van der Waals surface area (Å²) in [7, 11) is 0. The maximum absolute atomic E-state index is 5.71. The van der Waals surface area contributed by atoms with Crippen molar-refractivity contribution >= 4 is 5.69 Å². The molecule has 0 atom stereocenters. The van der Waals surface area contributed by atoms with E-state index < -0.39 is 5.79 Å². The monoisotopic (exact) mass is 256 g/mol. The van der Waals surface area contributed by atoms with Gasteiger partial charge in [0.25, 0.3) is 0 Å². The Balaban J connectivity index is 1.71. The molecule has 0 saturated carbocycles. The quantitative estimate of drug-likeness (QED) is 0.915. The van der Waals surface area contributed by atoms with Gasteiger partial charge in [-0.15, -0.1) is 0 Å². The van der Waals surface area contributed by atoms with Crippen molar-refractivity contribution < 1.29 is 9.47 Å². The smallest absolute Gasteiger partial charge is 0.246 e. The molecule has 1 aromatic heterocycles. The highest BCUT2D eigenvalue weighted by Gasteiger charge is 2.31. The number of nitrogens with zero attached hydrogens (tertiary/aromatic N) is 1. The van der Waals surface area contributed by atoms with Gasteiger partial charge in [0.05, 0.1) is 12.2 Å². The van der Waals surface area contributed by atoms with Gasteiger partial charge in [-0.25, -0.2) is 0 Å². The van der Waals surface area contributed by atoms with E-state index in [0.717, 1.165) is 22.9 Å². The van der Waals surface area contributed by atoms with E-state index in [9.17, 15) is 0 Å². The molecule has 19 heavy (non-hydrogen) atoms. The highest BCUT2D eigenvalue weighted by molar-refractivity contribution is 5.56. The Kier molecular flexibility index (Phi) is 2.78. The predicted molar refractivity (Wildman–Crippen MR) is 73.3 cm³/mol. The minimum absolute atomic E-state index is 0.581. The topological polar surface area (TPSA) is 43.4 Å². The fourth-order valence-electron chi connectivity index (χ4n) is 2.03. The van der Waals surface area contributed by atoms with Crippen LogP contribution in [0.25, 0.3) is 0 Å². The summed E-state index contributed by atoms with van der Waals surface area (Å²) in [6.45, 7) is 4.48. The molecule has 0 radical (unpaired) electrons. The molecular formula is C15H16N2O2. The first-order valence-corrected chi connectivity index (χ1v) is 6.28. The minimum Gasteiger partial charge on any atom is -0.449 e. The van der Waals surface area contributed by atoms with Gasteiger partial charge >= 0.3 is 0 Å². The van der Waals surface area contributed by atoms with Crippen molar-refractivity contribution in [2.45, 2.75) is 26.2 Å². The van der Waals surface area contributed by atoms with Crippen LogP contribution in [0.5, 0.6) is 11.5 Å². The van der Waals surface area contributed by atoms with Crippen molar-refractivity contribution in [3.63, 3.8) is 0 Å². The van der Waals surface area contributed by atoms with Gasteiger partial charge < -0.3 is 14.8 Å². The fraction of sp³-hybridized carbons (Fsp3) is 0.267. The summed E-state index contributed by atoms with van der Waals surface area (Å²) in [6, 6.07) is 11.7. The maximum Gasteiger partial charge on any atom is 0.246 e. The van der Waals surface area contributed by atoms with E-state index in [2.05, 4.69) is 10.3 Å². The maximum atomic E-state index is 5.71. The van der Waals surface area contributed by atoms with Gasteiger partial charge in [0.2, 0.25) is 5.79 Å². The molecular weight excluding hydrogens is 240 g/mol. The first-order valence-electron chi connectivity index (χ1n) is 6.28. The Morgan fingerprint density at radius 1 is 1.11 bits per heavy atom. The van der Waals surface area contributed by atoms with E-state index in [-0.39, 0.29) is 0 Å². The summed E-state index contributed by atoms with van der Waals surface area (Å²) in [5.74, 6) is 0.978. The average molecular weight is 256 g/mol. The normalized spacial score (nSPS) is 15.3. The van der Waals surface area contributed by atoms with Crippen LogP contribution in [-0.4, -0.2) is 10.8 Å². The van der Waals surface area contributed by atoms with Crippen molar-refractivity contribution in [1.29, 1.82) is 0 Å². The number of benzene rings is 1. The van der Waals surface area contributed by atoms with Gasteiger partial charge in [0.15, 0.2) is 11.5 Å². The number of anilines is 1. The Hall–Kier alpha value is -2.23. The second kappa shape index (κ2) is 4.46. The molecule has 2 heterocycles. The zero-order valence-electron chi connectivity index (χ0n) is 11.0. The zero-order valence-corrected chi connectivity index (χ0v) is 11.0. The van der Waals surface area contributed by atoms with Crippen molar-refractivity contribution in [3.8, 4) is 11.5 Å². The van der Waals surface area contributed by atoms with Crippen LogP contribution in [0.4, 0.5) is 5.69 Å². The molecule has 3 rings (SSSR count). The third kappa shape index (κ3) is 2.62. The van der Waals surface area contributed by atoms with Crippen LogP contribution in [0.15, 0.2) is 42.6 Å². The summed E-state index contributed by atoms with van der Waals surface area (Å²) in [4.78, 5) is 4.27. The Morgan fingerprint density at radius 3 is 2.74 bits per heavy atom. The molecule has 0 amide bonds. The first-order chi connectivity index (χ1) is 9.12. The van der Waals surface area contributed by atoms with Gasteiger partial charge in [0.1, 0.15) is 0 Å². The molecule has 2 aromatic rings. The lowest BCUT2D eigenvalue weighted by atomic mass is 10.2. The van der Waals surface area contributed by atoms with Crippen LogP contribution >= 0.6 is 0 Å². The number of nitrogens with one attached hydrogen (secondary N) is 1. The number of fused-ring (bicyclic) bond motifs is 1. The molecule has 1 N–H and O–H groups in total.